The smallest absolute Gasteiger partial charge is 0.303 e. The van der Waals surface area contributed by atoms with Crippen LogP contribution in [0.15, 0.2) is 18.2 Å². The molecule has 0 spiro atoms. The van der Waals surface area contributed by atoms with Gasteiger partial charge in [0.05, 0.1) is 6.42 Å². The number of aliphatic carboxylic acids is 1. The lowest BCUT2D eigenvalue weighted by molar-refractivity contribution is -0.137. The van der Waals surface area contributed by atoms with Gasteiger partial charge in [-0.1, -0.05) is 26.3 Å². The van der Waals surface area contributed by atoms with Crippen molar-refractivity contribution in [3.63, 3.8) is 0 Å². The number of hydrogen-bond acceptors (Lipinski definition) is 3. The zero-order chi connectivity index (χ0) is 13.8. The molecule has 4 nitrogen and oxygen atoms in total. The number of fused-ring (bicyclic) bond motifs is 1. The summed E-state index contributed by atoms with van der Waals surface area (Å²) in [7, 11) is 0. The second-order valence-electron chi connectivity index (χ2n) is 5.38. The van der Waals surface area contributed by atoms with Crippen LogP contribution in [-0.4, -0.2) is 17.9 Å². The number of carboxylic acid groups (broad SMARTS) is 1. The molecular weight excluding hydrogens is 244 g/mol. The Morgan fingerprint density at radius 3 is 2.68 bits per heavy atom. The molecular formula is C15H20O4. The fraction of sp³-hybridized carbons (Fsp3) is 0.533. The Morgan fingerprint density at radius 1 is 1.26 bits per heavy atom. The van der Waals surface area contributed by atoms with Crippen LogP contribution in [-0.2, 0) is 4.79 Å². The van der Waals surface area contributed by atoms with Crippen LogP contribution in [0.5, 0.6) is 11.5 Å². The standard InChI is InChI=1S/C15H20O4/c1-10(2)3-4-12(8-15(16)17)11-5-6-13-14(7-11)19-9-18-13/h5-7,10,12H,3-4,8-9H2,1-2H3,(H,16,17)/t12-/m1/s1. The summed E-state index contributed by atoms with van der Waals surface area (Å²) in [5.41, 5.74) is 1.02. The van der Waals surface area contributed by atoms with Crippen molar-refractivity contribution in [1.29, 1.82) is 0 Å². The van der Waals surface area contributed by atoms with Crippen LogP contribution in [0.4, 0.5) is 0 Å². The van der Waals surface area contributed by atoms with E-state index in [0.29, 0.717) is 5.92 Å². The van der Waals surface area contributed by atoms with Gasteiger partial charge in [-0.15, -0.1) is 0 Å². The van der Waals surface area contributed by atoms with E-state index in [0.717, 1.165) is 29.9 Å². The molecule has 1 aliphatic heterocycles. The second-order valence-corrected chi connectivity index (χ2v) is 5.38. The molecule has 0 fully saturated rings. The van der Waals surface area contributed by atoms with Crippen molar-refractivity contribution in [3.05, 3.63) is 23.8 Å². The van der Waals surface area contributed by atoms with Gasteiger partial charge in [-0.05, 0) is 36.0 Å². The van der Waals surface area contributed by atoms with Gasteiger partial charge in [0, 0.05) is 0 Å². The van der Waals surface area contributed by atoms with Gasteiger partial charge in [-0.3, -0.25) is 4.79 Å². The highest BCUT2D eigenvalue weighted by atomic mass is 16.7. The molecule has 4 heteroatoms. The van der Waals surface area contributed by atoms with Crippen LogP contribution in [0.25, 0.3) is 0 Å². The van der Waals surface area contributed by atoms with Crippen molar-refractivity contribution in [2.24, 2.45) is 5.92 Å². The van der Waals surface area contributed by atoms with E-state index in [-0.39, 0.29) is 19.1 Å². The van der Waals surface area contributed by atoms with E-state index in [1.54, 1.807) is 0 Å². The number of ether oxygens (including phenoxy) is 2. The number of carboxylic acids is 1. The number of carbonyl (C=O) groups is 1. The average Bonchev–Trinajstić information content (AvgIpc) is 2.80. The molecule has 19 heavy (non-hydrogen) atoms. The minimum Gasteiger partial charge on any atom is -0.481 e. The molecule has 0 aromatic heterocycles. The Kier molecular flexibility index (Phi) is 4.30. The average molecular weight is 264 g/mol. The largest absolute Gasteiger partial charge is 0.481 e. The molecule has 0 radical (unpaired) electrons. The summed E-state index contributed by atoms with van der Waals surface area (Å²) in [4.78, 5) is 11.0. The van der Waals surface area contributed by atoms with Crippen LogP contribution < -0.4 is 9.47 Å². The fourth-order valence-corrected chi connectivity index (χ4v) is 2.30. The first-order valence-electron chi connectivity index (χ1n) is 6.67. The lowest BCUT2D eigenvalue weighted by atomic mass is 9.88. The highest BCUT2D eigenvalue weighted by molar-refractivity contribution is 5.68. The Hall–Kier alpha value is -1.71. The molecule has 0 saturated carbocycles. The molecule has 1 atom stereocenters. The fourth-order valence-electron chi connectivity index (χ4n) is 2.30. The van der Waals surface area contributed by atoms with Crippen molar-refractivity contribution in [3.8, 4) is 11.5 Å². The summed E-state index contributed by atoms with van der Waals surface area (Å²) in [5, 5.41) is 9.05. The van der Waals surface area contributed by atoms with Crippen LogP contribution in [0.3, 0.4) is 0 Å². The monoisotopic (exact) mass is 264 g/mol. The van der Waals surface area contributed by atoms with Crippen molar-refractivity contribution >= 4 is 5.97 Å². The van der Waals surface area contributed by atoms with Crippen molar-refractivity contribution < 1.29 is 19.4 Å². The van der Waals surface area contributed by atoms with Crippen LogP contribution in [0.2, 0.25) is 0 Å². The third-order valence-electron chi connectivity index (χ3n) is 3.38. The van der Waals surface area contributed by atoms with Gasteiger partial charge in [0.15, 0.2) is 11.5 Å². The Balaban J connectivity index is 2.14. The molecule has 0 unspecified atom stereocenters. The predicted molar refractivity (Wildman–Crippen MR) is 71.6 cm³/mol. The Morgan fingerprint density at radius 2 is 2.00 bits per heavy atom. The summed E-state index contributed by atoms with van der Waals surface area (Å²) in [5.74, 6) is 1.31. The molecule has 104 valence electrons. The van der Waals surface area contributed by atoms with E-state index < -0.39 is 5.97 Å². The van der Waals surface area contributed by atoms with E-state index in [2.05, 4.69) is 13.8 Å². The molecule has 1 aromatic rings. The molecule has 0 aliphatic carbocycles. The van der Waals surface area contributed by atoms with Gasteiger partial charge in [-0.25, -0.2) is 0 Å². The molecule has 1 heterocycles. The van der Waals surface area contributed by atoms with Gasteiger partial charge in [0.1, 0.15) is 0 Å². The van der Waals surface area contributed by atoms with Gasteiger partial charge >= 0.3 is 5.97 Å². The van der Waals surface area contributed by atoms with Crippen molar-refractivity contribution in [2.75, 3.05) is 6.79 Å². The summed E-state index contributed by atoms with van der Waals surface area (Å²) in [6, 6.07) is 5.72. The highest BCUT2D eigenvalue weighted by Gasteiger charge is 2.20. The number of rotatable bonds is 6. The normalized spacial score (nSPS) is 14.7. The topological polar surface area (TPSA) is 55.8 Å². The third kappa shape index (κ3) is 3.63. The highest BCUT2D eigenvalue weighted by Crippen LogP contribution is 2.37. The second kappa shape index (κ2) is 5.95. The van der Waals surface area contributed by atoms with E-state index in [1.807, 2.05) is 18.2 Å². The zero-order valence-electron chi connectivity index (χ0n) is 11.4. The predicted octanol–water partition coefficient (Wildman–Crippen LogP) is 3.41. The lowest BCUT2D eigenvalue weighted by Crippen LogP contribution is -2.07. The van der Waals surface area contributed by atoms with Gasteiger partial charge in [0.25, 0.3) is 0 Å². The minimum absolute atomic E-state index is 0.0365. The quantitative estimate of drug-likeness (QED) is 0.855. The zero-order valence-corrected chi connectivity index (χ0v) is 11.4. The van der Waals surface area contributed by atoms with Gasteiger partial charge < -0.3 is 14.6 Å². The SMILES string of the molecule is CC(C)CC[C@H](CC(=O)O)c1ccc2c(c1)OCO2. The lowest BCUT2D eigenvalue weighted by Gasteiger charge is -2.17. The summed E-state index contributed by atoms with van der Waals surface area (Å²) < 4.78 is 10.6. The van der Waals surface area contributed by atoms with E-state index >= 15 is 0 Å². The van der Waals surface area contributed by atoms with E-state index in [4.69, 9.17) is 14.6 Å². The maximum absolute atomic E-state index is 11.0. The van der Waals surface area contributed by atoms with Crippen LogP contribution in [0.1, 0.15) is 44.6 Å². The Bertz CT molecular complexity index is 453. The van der Waals surface area contributed by atoms with E-state index in [1.165, 1.54) is 0 Å². The van der Waals surface area contributed by atoms with Crippen molar-refractivity contribution in [2.45, 2.75) is 39.0 Å². The molecule has 1 aromatic carbocycles. The molecule has 2 rings (SSSR count). The molecule has 0 bridgehead atoms. The first-order chi connectivity index (χ1) is 9.06. The number of hydrogen-bond donors (Lipinski definition) is 1. The minimum atomic E-state index is -0.758. The van der Waals surface area contributed by atoms with Crippen molar-refractivity contribution in [1.82, 2.24) is 0 Å². The van der Waals surface area contributed by atoms with E-state index in [9.17, 15) is 4.79 Å². The van der Waals surface area contributed by atoms with Gasteiger partial charge in [0.2, 0.25) is 6.79 Å². The maximum atomic E-state index is 11.0. The molecule has 1 N–H and O–H groups in total. The van der Waals surface area contributed by atoms with Crippen LogP contribution in [0, 0.1) is 5.92 Å². The third-order valence-corrected chi connectivity index (χ3v) is 3.38. The Labute approximate surface area is 113 Å². The first-order valence-corrected chi connectivity index (χ1v) is 6.67. The first kappa shape index (κ1) is 13.7. The maximum Gasteiger partial charge on any atom is 0.303 e. The molecule has 0 saturated heterocycles. The summed E-state index contributed by atoms with van der Waals surface area (Å²) in [6.07, 6.45) is 2.06. The van der Waals surface area contributed by atoms with Crippen LogP contribution >= 0.6 is 0 Å². The molecule has 1 aliphatic rings. The molecule has 0 amide bonds. The van der Waals surface area contributed by atoms with Gasteiger partial charge in [-0.2, -0.15) is 0 Å². The summed E-state index contributed by atoms with van der Waals surface area (Å²) in [6.45, 7) is 4.54. The summed E-state index contributed by atoms with van der Waals surface area (Å²) >= 11 is 0. The number of benzene rings is 1.